The van der Waals surface area contributed by atoms with Crippen molar-refractivity contribution in [1.29, 1.82) is 0 Å². The molecule has 1 rings (SSSR count). The van der Waals surface area contributed by atoms with Crippen LogP contribution in [0.3, 0.4) is 0 Å². The molecule has 1 fully saturated rings. The SMILES string of the molecule is CC1CCC(CNC(C)(C)C)CC1C. The summed E-state index contributed by atoms with van der Waals surface area (Å²) in [7, 11) is 0. The van der Waals surface area contributed by atoms with Crippen LogP contribution in [0.1, 0.15) is 53.9 Å². The zero-order valence-electron chi connectivity index (χ0n) is 10.6. The first kappa shape index (κ1) is 12.0. The molecule has 84 valence electrons. The van der Waals surface area contributed by atoms with Crippen LogP contribution in [-0.2, 0) is 0 Å². The summed E-state index contributed by atoms with van der Waals surface area (Å²) in [5.41, 5.74) is 0.284. The Morgan fingerprint density at radius 1 is 1.07 bits per heavy atom. The number of nitrogens with one attached hydrogen (secondary N) is 1. The Morgan fingerprint density at radius 2 is 1.71 bits per heavy atom. The summed E-state index contributed by atoms with van der Waals surface area (Å²) in [5, 5.41) is 3.63. The summed E-state index contributed by atoms with van der Waals surface area (Å²) >= 11 is 0. The summed E-state index contributed by atoms with van der Waals surface area (Å²) in [6, 6.07) is 0. The molecule has 0 bridgehead atoms. The van der Waals surface area contributed by atoms with Crippen LogP contribution in [-0.4, -0.2) is 12.1 Å². The summed E-state index contributed by atoms with van der Waals surface area (Å²) in [5.74, 6) is 2.79. The van der Waals surface area contributed by atoms with E-state index >= 15 is 0 Å². The first-order valence-electron chi connectivity index (χ1n) is 6.13. The Morgan fingerprint density at radius 3 is 2.21 bits per heavy atom. The lowest BCUT2D eigenvalue weighted by Gasteiger charge is -2.34. The maximum atomic E-state index is 3.63. The molecule has 14 heavy (non-hydrogen) atoms. The molecule has 1 aliphatic carbocycles. The van der Waals surface area contributed by atoms with Crippen molar-refractivity contribution in [3.63, 3.8) is 0 Å². The van der Waals surface area contributed by atoms with Gasteiger partial charge in [-0.05, 0) is 57.9 Å². The van der Waals surface area contributed by atoms with Crippen molar-refractivity contribution < 1.29 is 0 Å². The highest BCUT2D eigenvalue weighted by Gasteiger charge is 2.25. The van der Waals surface area contributed by atoms with E-state index in [9.17, 15) is 0 Å². The fourth-order valence-corrected chi connectivity index (χ4v) is 2.29. The van der Waals surface area contributed by atoms with Crippen LogP contribution < -0.4 is 5.32 Å². The second-order valence-electron chi connectivity index (χ2n) is 6.26. The minimum absolute atomic E-state index is 0.284. The normalized spacial score (nSPS) is 34.5. The maximum Gasteiger partial charge on any atom is 0.00966 e. The predicted molar refractivity (Wildman–Crippen MR) is 63.4 cm³/mol. The van der Waals surface area contributed by atoms with E-state index < -0.39 is 0 Å². The average molecular weight is 197 g/mol. The molecule has 1 aliphatic rings. The van der Waals surface area contributed by atoms with Crippen molar-refractivity contribution in [2.45, 2.75) is 59.4 Å². The third kappa shape index (κ3) is 4.00. The Bertz CT molecular complexity index is 169. The van der Waals surface area contributed by atoms with Gasteiger partial charge in [0.15, 0.2) is 0 Å². The third-order valence-corrected chi connectivity index (χ3v) is 3.63. The molecule has 0 aromatic carbocycles. The zero-order valence-corrected chi connectivity index (χ0v) is 10.6. The Balaban J connectivity index is 2.27. The minimum Gasteiger partial charge on any atom is -0.312 e. The molecule has 1 nitrogen and oxygen atoms in total. The van der Waals surface area contributed by atoms with Gasteiger partial charge in [0.25, 0.3) is 0 Å². The van der Waals surface area contributed by atoms with Crippen molar-refractivity contribution in [1.82, 2.24) is 5.32 Å². The number of hydrogen-bond acceptors (Lipinski definition) is 1. The van der Waals surface area contributed by atoms with Gasteiger partial charge in [0.05, 0.1) is 0 Å². The van der Waals surface area contributed by atoms with Gasteiger partial charge in [-0.15, -0.1) is 0 Å². The smallest absolute Gasteiger partial charge is 0.00966 e. The molecular formula is C13H27N. The topological polar surface area (TPSA) is 12.0 Å². The lowest BCUT2D eigenvalue weighted by Crippen LogP contribution is -2.40. The Kier molecular flexibility index (Phi) is 4.00. The fraction of sp³-hybridized carbons (Fsp3) is 1.00. The van der Waals surface area contributed by atoms with E-state index in [1.807, 2.05) is 0 Å². The predicted octanol–water partition coefficient (Wildman–Crippen LogP) is 3.45. The van der Waals surface area contributed by atoms with Crippen LogP contribution in [0.25, 0.3) is 0 Å². The second kappa shape index (κ2) is 4.65. The van der Waals surface area contributed by atoms with Gasteiger partial charge in [-0.25, -0.2) is 0 Å². The molecule has 1 N–H and O–H groups in total. The van der Waals surface area contributed by atoms with Gasteiger partial charge in [0.2, 0.25) is 0 Å². The highest BCUT2D eigenvalue weighted by atomic mass is 14.9. The van der Waals surface area contributed by atoms with Crippen LogP contribution in [0.2, 0.25) is 0 Å². The number of hydrogen-bond donors (Lipinski definition) is 1. The molecular weight excluding hydrogens is 170 g/mol. The Hall–Kier alpha value is -0.0400. The monoisotopic (exact) mass is 197 g/mol. The van der Waals surface area contributed by atoms with E-state index in [2.05, 4.69) is 39.9 Å². The second-order valence-corrected chi connectivity index (χ2v) is 6.26. The van der Waals surface area contributed by atoms with Crippen molar-refractivity contribution in [2.24, 2.45) is 17.8 Å². The third-order valence-electron chi connectivity index (χ3n) is 3.63. The molecule has 0 saturated heterocycles. The summed E-state index contributed by atoms with van der Waals surface area (Å²) in [6.45, 7) is 12.8. The molecule has 1 saturated carbocycles. The highest BCUT2D eigenvalue weighted by Crippen LogP contribution is 2.32. The van der Waals surface area contributed by atoms with E-state index in [0.29, 0.717) is 0 Å². The first-order valence-corrected chi connectivity index (χ1v) is 6.13. The molecule has 0 aromatic rings. The molecule has 0 radical (unpaired) electrons. The van der Waals surface area contributed by atoms with Crippen LogP contribution in [0.4, 0.5) is 0 Å². The average Bonchev–Trinajstić information content (AvgIpc) is 2.06. The Labute approximate surface area is 89.7 Å². The van der Waals surface area contributed by atoms with Gasteiger partial charge >= 0.3 is 0 Å². The first-order chi connectivity index (χ1) is 6.38. The molecule has 1 heteroatoms. The highest BCUT2D eigenvalue weighted by molar-refractivity contribution is 4.79. The summed E-state index contributed by atoms with van der Waals surface area (Å²) < 4.78 is 0. The summed E-state index contributed by atoms with van der Waals surface area (Å²) in [4.78, 5) is 0. The van der Waals surface area contributed by atoms with E-state index in [4.69, 9.17) is 0 Å². The van der Waals surface area contributed by atoms with Crippen LogP contribution in [0, 0.1) is 17.8 Å². The van der Waals surface area contributed by atoms with E-state index in [1.165, 1.54) is 25.8 Å². The number of rotatable bonds is 2. The van der Waals surface area contributed by atoms with Crippen molar-refractivity contribution in [3.05, 3.63) is 0 Å². The van der Waals surface area contributed by atoms with Crippen molar-refractivity contribution in [3.8, 4) is 0 Å². The lowest BCUT2D eigenvalue weighted by atomic mass is 9.76. The van der Waals surface area contributed by atoms with Gasteiger partial charge < -0.3 is 5.32 Å². The van der Waals surface area contributed by atoms with Crippen LogP contribution in [0.5, 0.6) is 0 Å². The quantitative estimate of drug-likeness (QED) is 0.715. The standard InChI is InChI=1S/C13H27N/c1-10-6-7-12(8-11(10)2)9-14-13(3,4)5/h10-12,14H,6-9H2,1-5H3. The fourth-order valence-electron chi connectivity index (χ4n) is 2.29. The maximum absolute atomic E-state index is 3.63. The van der Waals surface area contributed by atoms with E-state index in [-0.39, 0.29) is 5.54 Å². The van der Waals surface area contributed by atoms with Crippen molar-refractivity contribution in [2.75, 3.05) is 6.54 Å². The van der Waals surface area contributed by atoms with Crippen LogP contribution >= 0.6 is 0 Å². The largest absolute Gasteiger partial charge is 0.312 e. The summed E-state index contributed by atoms with van der Waals surface area (Å²) in [6.07, 6.45) is 4.27. The van der Waals surface area contributed by atoms with Gasteiger partial charge in [-0.3, -0.25) is 0 Å². The molecule has 0 aromatic heterocycles. The molecule has 3 unspecified atom stereocenters. The molecule has 0 amide bonds. The molecule has 0 heterocycles. The van der Waals surface area contributed by atoms with Gasteiger partial charge in [0, 0.05) is 5.54 Å². The molecule has 0 spiro atoms. The van der Waals surface area contributed by atoms with Crippen molar-refractivity contribution >= 4 is 0 Å². The van der Waals surface area contributed by atoms with E-state index in [1.54, 1.807) is 0 Å². The van der Waals surface area contributed by atoms with Gasteiger partial charge in [0.1, 0.15) is 0 Å². The molecule has 3 atom stereocenters. The van der Waals surface area contributed by atoms with E-state index in [0.717, 1.165) is 17.8 Å². The zero-order chi connectivity index (χ0) is 10.8. The molecule has 0 aliphatic heterocycles. The van der Waals surface area contributed by atoms with Gasteiger partial charge in [-0.2, -0.15) is 0 Å². The minimum atomic E-state index is 0.284. The van der Waals surface area contributed by atoms with Crippen LogP contribution in [0.15, 0.2) is 0 Å². The van der Waals surface area contributed by atoms with Gasteiger partial charge in [-0.1, -0.05) is 20.3 Å². The lowest BCUT2D eigenvalue weighted by molar-refractivity contribution is 0.196.